The lowest BCUT2D eigenvalue weighted by Crippen LogP contribution is -2.38. The lowest BCUT2D eigenvalue weighted by Gasteiger charge is -2.10. The van der Waals surface area contributed by atoms with E-state index in [1.807, 2.05) is 26.0 Å². The van der Waals surface area contributed by atoms with Crippen molar-refractivity contribution in [1.29, 1.82) is 0 Å². The highest BCUT2D eigenvalue weighted by molar-refractivity contribution is 5.90. The van der Waals surface area contributed by atoms with Crippen LogP contribution in [0.2, 0.25) is 0 Å². The molecule has 1 fully saturated rings. The second kappa shape index (κ2) is 7.61. The molecule has 0 unspecified atom stereocenters. The number of nitrogens with zero attached hydrogens (tertiary/aromatic N) is 2. The van der Waals surface area contributed by atoms with Crippen molar-refractivity contribution in [2.75, 3.05) is 18.4 Å². The smallest absolute Gasteiger partial charge is 0.227 e. The largest absolute Gasteiger partial charge is 0.357 e. The lowest BCUT2D eigenvalue weighted by molar-refractivity contribution is -0.116. The van der Waals surface area contributed by atoms with Crippen LogP contribution in [0.5, 0.6) is 0 Å². The Morgan fingerprint density at radius 1 is 1.43 bits per heavy atom. The van der Waals surface area contributed by atoms with Gasteiger partial charge in [-0.1, -0.05) is 6.07 Å². The van der Waals surface area contributed by atoms with Crippen molar-refractivity contribution in [3.05, 3.63) is 23.9 Å². The molecular weight excluding hydrogens is 266 g/mol. The maximum Gasteiger partial charge on any atom is 0.227 e. The zero-order chi connectivity index (χ0) is 15.1. The summed E-state index contributed by atoms with van der Waals surface area (Å²) in [6.45, 7) is 5.20. The molecule has 1 aliphatic rings. The fourth-order valence-corrected chi connectivity index (χ4v) is 1.83. The monoisotopic (exact) mass is 289 g/mol. The number of aromatic nitrogens is 1. The average molecular weight is 289 g/mol. The second-order valence-electron chi connectivity index (χ2n) is 5.14. The van der Waals surface area contributed by atoms with E-state index in [1.54, 1.807) is 6.07 Å². The van der Waals surface area contributed by atoms with Gasteiger partial charge in [-0.2, -0.15) is 0 Å². The van der Waals surface area contributed by atoms with E-state index in [0.29, 0.717) is 24.8 Å². The van der Waals surface area contributed by atoms with E-state index in [0.717, 1.165) is 18.2 Å². The summed E-state index contributed by atoms with van der Waals surface area (Å²) in [6.07, 6.45) is 2.74. The third-order valence-electron chi connectivity index (χ3n) is 3.03. The minimum atomic E-state index is -0.0703. The molecule has 0 aromatic carbocycles. The molecule has 1 heterocycles. The summed E-state index contributed by atoms with van der Waals surface area (Å²) in [4.78, 5) is 20.5. The molecule has 2 rings (SSSR count). The lowest BCUT2D eigenvalue weighted by atomic mass is 10.3. The van der Waals surface area contributed by atoms with E-state index in [2.05, 4.69) is 25.9 Å². The highest BCUT2D eigenvalue weighted by Gasteiger charge is 2.22. The van der Waals surface area contributed by atoms with Gasteiger partial charge in [0.1, 0.15) is 5.82 Å². The van der Waals surface area contributed by atoms with Crippen molar-refractivity contribution < 1.29 is 4.79 Å². The molecule has 0 atom stereocenters. The van der Waals surface area contributed by atoms with E-state index in [4.69, 9.17) is 0 Å². The first kappa shape index (κ1) is 15.3. The number of amides is 1. The van der Waals surface area contributed by atoms with E-state index in [1.165, 1.54) is 12.8 Å². The Hall–Kier alpha value is -2.11. The molecule has 1 aliphatic carbocycles. The number of guanidine groups is 1. The van der Waals surface area contributed by atoms with Crippen LogP contribution in [0.1, 0.15) is 31.9 Å². The molecule has 114 valence electrons. The Morgan fingerprint density at radius 2 is 2.24 bits per heavy atom. The molecule has 1 saturated carbocycles. The summed E-state index contributed by atoms with van der Waals surface area (Å²) in [5.41, 5.74) is 0.883. The number of hydrogen-bond donors (Lipinski definition) is 3. The first-order valence-electron chi connectivity index (χ1n) is 7.45. The molecule has 6 nitrogen and oxygen atoms in total. The predicted octanol–water partition coefficient (Wildman–Crippen LogP) is 1.44. The Kier molecular flexibility index (Phi) is 5.54. The SMILES string of the molecule is CCNC(=NCCC(=O)Nc1cccc(C)n1)NC1CC1. The number of nitrogens with one attached hydrogen (secondary N) is 3. The first-order valence-corrected chi connectivity index (χ1v) is 7.45. The number of aliphatic imine (C=N–C) groups is 1. The predicted molar refractivity (Wildman–Crippen MR) is 84.4 cm³/mol. The molecule has 0 radical (unpaired) electrons. The van der Waals surface area contributed by atoms with Crippen LogP contribution in [0, 0.1) is 6.92 Å². The zero-order valence-electron chi connectivity index (χ0n) is 12.6. The van der Waals surface area contributed by atoms with Gasteiger partial charge in [0.15, 0.2) is 5.96 Å². The van der Waals surface area contributed by atoms with Gasteiger partial charge in [-0.05, 0) is 38.8 Å². The highest BCUT2D eigenvalue weighted by atomic mass is 16.1. The Bertz CT molecular complexity index is 511. The van der Waals surface area contributed by atoms with Crippen molar-refractivity contribution in [3.63, 3.8) is 0 Å². The first-order chi connectivity index (χ1) is 10.2. The van der Waals surface area contributed by atoms with E-state index in [-0.39, 0.29) is 5.91 Å². The maximum absolute atomic E-state index is 11.8. The molecule has 1 aromatic heterocycles. The number of anilines is 1. The topological polar surface area (TPSA) is 78.4 Å². The second-order valence-corrected chi connectivity index (χ2v) is 5.14. The van der Waals surface area contributed by atoms with Gasteiger partial charge in [0, 0.05) is 24.7 Å². The molecule has 0 aliphatic heterocycles. The molecule has 21 heavy (non-hydrogen) atoms. The van der Waals surface area contributed by atoms with Gasteiger partial charge < -0.3 is 16.0 Å². The molecular formula is C15H23N5O. The van der Waals surface area contributed by atoms with Crippen LogP contribution in [0.25, 0.3) is 0 Å². The fourth-order valence-electron chi connectivity index (χ4n) is 1.83. The molecule has 0 bridgehead atoms. The zero-order valence-corrected chi connectivity index (χ0v) is 12.6. The number of hydrogen-bond acceptors (Lipinski definition) is 3. The van der Waals surface area contributed by atoms with Crippen molar-refractivity contribution in [1.82, 2.24) is 15.6 Å². The average Bonchev–Trinajstić information content (AvgIpc) is 3.23. The fraction of sp³-hybridized carbons (Fsp3) is 0.533. The Balaban J connectivity index is 1.76. The maximum atomic E-state index is 11.8. The van der Waals surface area contributed by atoms with Crippen molar-refractivity contribution in [3.8, 4) is 0 Å². The van der Waals surface area contributed by atoms with Crippen LogP contribution in [-0.4, -0.2) is 36.0 Å². The normalized spacial score (nSPS) is 14.7. The summed E-state index contributed by atoms with van der Waals surface area (Å²) >= 11 is 0. The summed E-state index contributed by atoms with van der Waals surface area (Å²) in [7, 11) is 0. The Labute approximate surface area is 125 Å². The summed E-state index contributed by atoms with van der Waals surface area (Å²) in [5.74, 6) is 1.31. The van der Waals surface area contributed by atoms with Crippen LogP contribution < -0.4 is 16.0 Å². The van der Waals surface area contributed by atoms with E-state index < -0.39 is 0 Å². The third kappa shape index (κ3) is 5.81. The van der Waals surface area contributed by atoms with Crippen molar-refractivity contribution in [2.24, 2.45) is 4.99 Å². The molecule has 3 N–H and O–H groups in total. The van der Waals surface area contributed by atoms with Crippen LogP contribution in [0.15, 0.2) is 23.2 Å². The minimum Gasteiger partial charge on any atom is -0.357 e. The number of rotatable bonds is 6. The third-order valence-corrected chi connectivity index (χ3v) is 3.03. The van der Waals surface area contributed by atoms with Crippen molar-refractivity contribution >= 4 is 17.7 Å². The number of carbonyl (C=O) groups excluding carboxylic acids is 1. The van der Waals surface area contributed by atoms with Gasteiger partial charge >= 0.3 is 0 Å². The van der Waals surface area contributed by atoms with Gasteiger partial charge in [-0.25, -0.2) is 4.98 Å². The van der Waals surface area contributed by atoms with Crippen LogP contribution >= 0.6 is 0 Å². The summed E-state index contributed by atoms with van der Waals surface area (Å²) < 4.78 is 0. The van der Waals surface area contributed by atoms with Gasteiger partial charge in [0.25, 0.3) is 0 Å². The molecule has 1 amide bonds. The Morgan fingerprint density at radius 3 is 2.90 bits per heavy atom. The van der Waals surface area contributed by atoms with Crippen LogP contribution in [0.4, 0.5) is 5.82 Å². The quantitative estimate of drug-likeness (QED) is 0.547. The number of aryl methyl sites for hydroxylation is 1. The summed E-state index contributed by atoms with van der Waals surface area (Å²) in [5, 5.41) is 9.28. The highest BCUT2D eigenvalue weighted by Crippen LogP contribution is 2.18. The summed E-state index contributed by atoms with van der Waals surface area (Å²) in [6, 6.07) is 6.10. The molecule has 0 saturated heterocycles. The van der Waals surface area contributed by atoms with E-state index >= 15 is 0 Å². The van der Waals surface area contributed by atoms with Crippen LogP contribution in [0.3, 0.4) is 0 Å². The molecule has 0 spiro atoms. The van der Waals surface area contributed by atoms with Crippen molar-refractivity contribution in [2.45, 2.75) is 39.2 Å². The number of pyridine rings is 1. The molecule has 1 aromatic rings. The van der Waals surface area contributed by atoms with Gasteiger partial charge in [0.05, 0.1) is 6.54 Å². The standard InChI is InChI=1S/C15H23N5O/c1-3-16-15(19-12-7-8-12)17-10-9-14(21)20-13-6-4-5-11(2)18-13/h4-6,12H,3,7-10H2,1-2H3,(H2,16,17,19)(H,18,20,21). The van der Waals surface area contributed by atoms with E-state index in [9.17, 15) is 4.79 Å². The molecule has 6 heteroatoms. The number of carbonyl (C=O) groups is 1. The van der Waals surface area contributed by atoms with Gasteiger partial charge in [0.2, 0.25) is 5.91 Å². The van der Waals surface area contributed by atoms with Gasteiger partial charge in [-0.3, -0.25) is 9.79 Å². The minimum absolute atomic E-state index is 0.0703. The van der Waals surface area contributed by atoms with Gasteiger partial charge in [-0.15, -0.1) is 0 Å². The van der Waals surface area contributed by atoms with Crippen LogP contribution in [-0.2, 0) is 4.79 Å².